The molecular weight excluding hydrogens is 168 g/mol. The fourth-order valence-corrected chi connectivity index (χ4v) is 2.46. The highest BCUT2D eigenvalue weighted by Gasteiger charge is 2.17. The lowest BCUT2D eigenvalue weighted by atomic mass is 10.1. The van der Waals surface area contributed by atoms with Crippen LogP contribution >= 0.6 is 11.8 Å². The summed E-state index contributed by atoms with van der Waals surface area (Å²) >= 11 is 1.66. The minimum Gasteiger partial charge on any atom is -0.294 e. The lowest BCUT2D eigenvalue weighted by Gasteiger charge is -2.19. The molecule has 0 aliphatic carbocycles. The molecule has 2 heteroatoms. The predicted octanol–water partition coefficient (Wildman–Crippen LogP) is 2.93. The van der Waals surface area contributed by atoms with Crippen molar-refractivity contribution in [1.82, 2.24) is 0 Å². The average Bonchev–Trinajstić information content (AvgIpc) is 1.96. The van der Waals surface area contributed by atoms with Gasteiger partial charge in [-0.15, -0.1) is 11.8 Å². The molecule has 0 spiro atoms. The SMILES string of the molecule is CC(=O)C1=C(C)C(C)=CC(C)S1. The summed E-state index contributed by atoms with van der Waals surface area (Å²) in [6, 6.07) is 0. The Morgan fingerprint density at radius 3 is 2.58 bits per heavy atom. The van der Waals surface area contributed by atoms with Crippen molar-refractivity contribution >= 4 is 17.5 Å². The zero-order valence-electron chi connectivity index (χ0n) is 7.97. The van der Waals surface area contributed by atoms with Gasteiger partial charge in [-0.3, -0.25) is 4.79 Å². The first-order chi connectivity index (χ1) is 5.52. The summed E-state index contributed by atoms with van der Waals surface area (Å²) in [6.07, 6.45) is 2.20. The van der Waals surface area contributed by atoms with Crippen LogP contribution in [0.25, 0.3) is 0 Å². The number of ketones is 1. The molecule has 1 aliphatic rings. The largest absolute Gasteiger partial charge is 0.294 e. The van der Waals surface area contributed by atoms with Gasteiger partial charge in [0.05, 0.1) is 4.91 Å². The summed E-state index contributed by atoms with van der Waals surface area (Å²) in [6.45, 7) is 7.83. The third kappa shape index (κ3) is 1.81. The van der Waals surface area contributed by atoms with Crippen LogP contribution in [0.5, 0.6) is 0 Å². The van der Waals surface area contributed by atoms with Gasteiger partial charge in [0.1, 0.15) is 0 Å². The monoisotopic (exact) mass is 182 g/mol. The van der Waals surface area contributed by atoms with Crippen LogP contribution < -0.4 is 0 Å². The Balaban J connectivity index is 3.05. The van der Waals surface area contributed by atoms with Crippen LogP contribution in [0.4, 0.5) is 0 Å². The first-order valence-electron chi connectivity index (χ1n) is 4.09. The summed E-state index contributed by atoms with van der Waals surface area (Å²) in [5, 5.41) is 0.438. The molecule has 1 unspecified atom stereocenters. The molecule has 0 fully saturated rings. The zero-order chi connectivity index (χ0) is 9.30. The van der Waals surface area contributed by atoms with Crippen molar-refractivity contribution in [2.24, 2.45) is 0 Å². The number of hydrogen-bond acceptors (Lipinski definition) is 2. The molecule has 0 aromatic heterocycles. The van der Waals surface area contributed by atoms with Gasteiger partial charge in [0.2, 0.25) is 0 Å². The smallest absolute Gasteiger partial charge is 0.166 e. The molecule has 0 aromatic carbocycles. The fraction of sp³-hybridized carbons (Fsp3) is 0.500. The maximum atomic E-state index is 11.2. The van der Waals surface area contributed by atoms with Crippen molar-refractivity contribution in [2.75, 3.05) is 0 Å². The van der Waals surface area contributed by atoms with Gasteiger partial charge in [0.15, 0.2) is 5.78 Å². The summed E-state index contributed by atoms with van der Waals surface area (Å²) in [5.74, 6) is 0.191. The molecule has 0 saturated heterocycles. The van der Waals surface area contributed by atoms with Crippen LogP contribution in [0.3, 0.4) is 0 Å². The second-order valence-electron chi connectivity index (χ2n) is 3.18. The quantitative estimate of drug-likeness (QED) is 0.620. The van der Waals surface area contributed by atoms with Crippen molar-refractivity contribution in [1.29, 1.82) is 0 Å². The van der Waals surface area contributed by atoms with E-state index in [4.69, 9.17) is 0 Å². The van der Waals surface area contributed by atoms with Gasteiger partial charge in [-0.05, 0) is 38.8 Å². The normalized spacial score (nSPS) is 24.0. The summed E-state index contributed by atoms with van der Waals surface area (Å²) in [7, 11) is 0. The van der Waals surface area contributed by atoms with Gasteiger partial charge in [0, 0.05) is 5.25 Å². The van der Waals surface area contributed by atoms with E-state index < -0.39 is 0 Å². The van der Waals surface area contributed by atoms with Gasteiger partial charge in [-0.25, -0.2) is 0 Å². The maximum absolute atomic E-state index is 11.2. The lowest BCUT2D eigenvalue weighted by Crippen LogP contribution is -2.07. The Labute approximate surface area is 77.9 Å². The molecule has 1 atom stereocenters. The van der Waals surface area contributed by atoms with E-state index in [2.05, 4.69) is 19.9 Å². The van der Waals surface area contributed by atoms with Gasteiger partial charge >= 0.3 is 0 Å². The van der Waals surface area contributed by atoms with Crippen molar-refractivity contribution in [3.8, 4) is 0 Å². The number of Topliss-reactive ketones (excluding diaryl/α,β-unsaturated/α-hetero) is 1. The second-order valence-corrected chi connectivity index (χ2v) is 4.57. The standard InChI is InChI=1S/C10H14OS/c1-6-5-7(2)12-10(8(6)3)9(4)11/h5,7H,1-4H3. The van der Waals surface area contributed by atoms with Gasteiger partial charge in [0.25, 0.3) is 0 Å². The van der Waals surface area contributed by atoms with E-state index in [1.54, 1.807) is 18.7 Å². The van der Waals surface area contributed by atoms with E-state index in [0.717, 1.165) is 10.5 Å². The van der Waals surface area contributed by atoms with Crippen molar-refractivity contribution in [3.63, 3.8) is 0 Å². The minimum atomic E-state index is 0.191. The van der Waals surface area contributed by atoms with Crippen LogP contribution in [-0.4, -0.2) is 11.0 Å². The molecule has 0 saturated carbocycles. The number of rotatable bonds is 1. The Hall–Kier alpha value is -0.500. The van der Waals surface area contributed by atoms with E-state index in [1.165, 1.54) is 5.57 Å². The number of allylic oxidation sites excluding steroid dienone is 3. The van der Waals surface area contributed by atoms with Gasteiger partial charge < -0.3 is 0 Å². The molecule has 1 aliphatic heterocycles. The summed E-state index contributed by atoms with van der Waals surface area (Å²) in [5.41, 5.74) is 2.39. The van der Waals surface area contributed by atoms with E-state index in [9.17, 15) is 4.79 Å². The molecule has 12 heavy (non-hydrogen) atoms. The molecule has 1 nitrogen and oxygen atoms in total. The highest BCUT2D eigenvalue weighted by molar-refractivity contribution is 8.04. The Kier molecular flexibility index (Phi) is 2.78. The third-order valence-corrected chi connectivity index (χ3v) is 3.38. The fourth-order valence-electron chi connectivity index (χ4n) is 1.31. The van der Waals surface area contributed by atoms with Gasteiger partial charge in [-0.2, -0.15) is 0 Å². The molecule has 1 heterocycles. The molecule has 1 rings (SSSR count). The molecule has 0 aromatic rings. The second kappa shape index (κ2) is 3.48. The Morgan fingerprint density at radius 1 is 1.50 bits per heavy atom. The van der Waals surface area contributed by atoms with E-state index in [0.29, 0.717) is 5.25 Å². The van der Waals surface area contributed by atoms with Crippen LogP contribution in [0.2, 0.25) is 0 Å². The first kappa shape index (κ1) is 9.59. The summed E-state index contributed by atoms with van der Waals surface area (Å²) in [4.78, 5) is 12.1. The van der Waals surface area contributed by atoms with Crippen LogP contribution in [-0.2, 0) is 4.79 Å². The highest BCUT2D eigenvalue weighted by Crippen LogP contribution is 2.34. The number of hydrogen-bond donors (Lipinski definition) is 0. The van der Waals surface area contributed by atoms with Crippen LogP contribution in [0.15, 0.2) is 22.1 Å². The van der Waals surface area contributed by atoms with E-state index in [-0.39, 0.29) is 5.78 Å². The predicted molar refractivity (Wildman–Crippen MR) is 54.2 cm³/mol. The number of thioether (sulfide) groups is 1. The topological polar surface area (TPSA) is 17.1 Å². The molecule has 0 radical (unpaired) electrons. The first-order valence-corrected chi connectivity index (χ1v) is 4.97. The molecule has 66 valence electrons. The highest BCUT2D eigenvalue weighted by atomic mass is 32.2. The Bertz CT molecular complexity index is 274. The summed E-state index contributed by atoms with van der Waals surface area (Å²) < 4.78 is 0. The molecule has 0 bridgehead atoms. The molecular formula is C10H14OS. The average molecular weight is 182 g/mol. The molecule has 0 amide bonds. The van der Waals surface area contributed by atoms with Crippen LogP contribution in [0.1, 0.15) is 27.7 Å². The zero-order valence-corrected chi connectivity index (χ0v) is 8.79. The number of carbonyl (C=O) groups excluding carboxylic acids is 1. The maximum Gasteiger partial charge on any atom is 0.166 e. The van der Waals surface area contributed by atoms with E-state index in [1.807, 2.05) is 6.92 Å². The van der Waals surface area contributed by atoms with Crippen molar-refractivity contribution in [3.05, 3.63) is 22.1 Å². The minimum absolute atomic E-state index is 0.191. The van der Waals surface area contributed by atoms with E-state index >= 15 is 0 Å². The third-order valence-electron chi connectivity index (χ3n) is 2.04. The van der Waals surface area contributed by atoms with Crippen molar-refractivity contribution < 1.29 is 4.79 Å². The Morgan fingerprint density at radius 2 is 2.08 bits per heavy atom. The van der Waals surface area contributed by atoms with Gasteiger partial charge in [-0.1, -0.05) is 6.08 Å². The lowest BCUT2D eigenvalue weighted by molar-refractivity contribution is -0.113. The van der Waals surface area contributed by atoms with Crippen LogP contribution in [0, 0.1) is 0 Å². The molecule has 0 N–H and O–H groups in total. The van der Waals surface area contributed by atoms with Crippen molar-refractivity contribution in [2.45, 2.75) is 32.9 Å². The number of carbonyl (C=O) groups is 1.